The summed E-state index contributed by atoms with van der Waals surface area (Å²) in [4.78, 5) is 26.3. The zero-order chi connectivity index (χ0) is 30.5. The van der Waals surface area contributed by atoms with Gasteiger partial charge >= 0.3 is 0 Å². The van der Waals surface area contributed by atoms with E-state index in [4.69, 9.17) is 14.3 Å². The van der Waals surface area contributed by atoms with Gasteiger partial charge in [-0.3, -0.25) is 14.2 Å². The number of nitrogens with zero attached hydrogens (tertiary/aromatic N) is 5. The van der Waals surface area contributed by atoms with E-state index in [2.05, 4.69) is 27.6 Å². The van der Waals surface area contributed by atoms with Gasteiger partial charge in [-0.2, -0.15) is 5.10 Å². The number of furan rings is 1. The summed E-state index contributed by atoms with van der Waals surface area (Å²) < 4.78 is 12.3. The summed E-state index contributed by atoms with van der Waals surface area (Å²) in [7, 11) is 1.63. The number of methoxy groups -OCH3 is 1. The van der Waals surface area contributed by atoms with Gasteiger partial charge in [0, 0.05) is 12.1 Å². The van der Waals surface area contributed by atoms with E-state index in [1.165, 1.54) is 18.0 Å². The van der Waals surface area contributed by atoms with Crippen LogP contribution in [0.2, 0.25) is 0 Å². The number of thioether (sulfide) groups is 1. The second-order valence-electron chi connectivity index (χ2n) is 10.2. The van der Waals surface area contributed by atoms with Crippen molar-refractivity contribution in [2.24, 2.45) is 5.10 Å². The number of rotatable bonds is 10. The van der Waals surface area contributed by atoms with Gasteiger partial charge in [0.1, 0.15) is 5.75 Å². The number of ether oxygens (including phenoxy) is 1. The Hall–Kier alpha value is -5.16. The molecule has 1 atom stereocenters. The van der Waals surface area contributed by atoms with Gasteiger partial charge in [-0.15, -0.1) is 10.2 Å². The van der Waals surface area contributed by atoms with E-state index in [9.17, 15) is 9.59 Å². The van der Waals surface area contributed by atoms with Gasteiger partial charge in [0.2, 0.25) is 0 Å². The van der Waals surface area contributed by atoms with E-state index in [-0.39, 0.29) is 35.9 Å². The topological polar surface area (TPSA) is 115 Å². The van der Waals surface area contributed by atoms with Crippen LogP contribution in [-0.2, 0) is 11.3 Å². The molecule has 0 bridgehead atoms. The van der Waals surface area contributed by atoms with Crippen LogP contribution < -0.4 is 10.1 Å². The van der Waals surface area contributed by atoms with Gasteiger partial charge in [-0.1, -0.05) is 59.8 Å². The van der Waals surface area contributed by atoms with Crippen molar-refractivity contribution in [2.75, 3.05) is 12.9 Å². The first kappa shape index (κ1) is 28.9. The Morgan fingerprint density at radius 1 is 0.977 bits per heavy atom. The molecule has 11 heteroatoms. The quantitative estimate of drug-likeness (QED) is 0.207. The number of aryl methyl sites for hydroxylation is 1. The van der Waals surface area contributed by atoms with Crippen LogP contribution in [0.1, 0.15) is 45.5 Å². The lowest BCUT2D eigenvalue weighted by Gasteiger charge is -2.22. The molecule has 0 fully saturated rings. The molecule has 1 aliphatic heterocycles. The van der Waals surface area contributed by atoms with Gasteiger partial charge in [-0.25, -0.2) is 5.01 Å². The monoisotopic (exact) mass is 606 g/mol. The lowest BCUT2D eigenvalue weighted by Crippen LogP contribution is -2.28. The highest BCUT2D eigenvalue weighted by atomic mass is 32.2. The van der Waals surface area contributed by atoms with E-state index in [1.54, 1.807) is 24.3 Å². The molecule has 0 saturated carbocycles. The molecule has 44 heavy (non-hydrogen) atoms. The second-order valence-corrected chi connectivity index (χ2v) is 11.1. The standard InChI is InChI=1S/C33H30N6O4S/c1-22-10-12-24(13-11-22)28-19-27(23-14-16-26(42-2)17-15-23)37-39(28)31(40)21-44-33-36-35-30(38(33)25-7-4-3-5-8-25)20-34-32(41)29-9-6-18-43-29/h3-18,28H,19-21H2,1-2H3,(H,34,41)/t28-/m1/s1. The molecule has 0 spiro atoms. The zero-order valence-electron chi connectivity index (χ0n) is 24.2. The Kier molecular flexibility index (Phi) is 8.55. The molecular weight excluding hydrogens is 576 g/mol. The molecule has 222 valence electrons. The van der Waals surface area contributed by atoms with Crippen molar-refractivity contribution in [3.05, 3.63) is 126 Å². The average molecular weight is 607 g/mol. The maximum atomic E-state index is 13.8. The van der Waals surface area contributed by atoms with Crippen LogP contribution in [0.5, 0.6) is 5.75 Å². The molecule has 1 N–H and O–H groups in total. The minimum atomic E-state index is -0.358. The highest BCUT2D eigenvalue weighted by molar-refractivity contribution is 7.99. The van der Waals surface area contributed by atoms with E-state index in [1.807, 2.05) is 78.2 Å². The van der Waals surface area contributed by atoms with Crippen molar-refractivity contribution in [2.45, 2.75) is 31.1 Å². The summed E-state index contributed by atoms with van der Waals surface area (Å²) in [5.74, 6) is 1.06. The molecule has 1 aliphatic rings. The third kappa shape index (κ3) is 6.28. The van der Waals surface area contributed by atoms with Crippen molar-refractivity contribution in [1.29, 1.82) is 0 Å². The van der Waals surface area contributed by atoms with Crippen LogP contribution in [0, 0.1) is 6.92 Å². The molecule has 0 unspecified atom stereocenters. The summed E-state index contributed by atoms with van der Waals surface area (Å²) in [6, 6.07) is 28.5. The summed E-state index contributed by atoms with van der Waals surface area (Å²) in [5.41, 5.74) is 4.75. The number of hydrogen-bond acceptors (Lipinski definition) is 8. The third-order valence-electron chi connectivity index (χ3n) is 7.24. The molecule has 6 rings (SSSR count). The van der Waals surface area contributed by atoms with E-state index in [0.29, 0.717) is 17.4 Å². The Morgan fingerprint density at radius 3 is 2.45 bits per heavy atom. The first-order valence-corrected chi connectivity index (χ1v) is 15.0. The number of carbonyl (C=O) groups excluding carboxylic acids is 2. The summed E-state index contributed by atoms with van der Waals surface area (Å²) in [5, 5.41) is 18.5. The van der Waals surface area contributed by atoms with Crippen molar-refractivity contribution < 1.29 is 18.7 Å². The first-order valence-electron chi connectivity index (χ1n) is 14.0. The smallest absolute Gasteiger partial charge is 0.287 e. The molecule has 2 amide bonds. The number of para-hydroxylation sites is 1. The molecule has 10 nitrogen and oxygen atoms in total. The summed E-state index contributed by atoms with van der Waals surface area (Å²) in [6.07, 6.45) is 2.03. The predicted molar refractivity (Wildman–Crippen MR) is 167 cm³/mol. The van der Waals surface area contributed by atoms with Crippen LogP contribution in [0.15, 0.2) is 112 Å². The fourth-order valence-corrected chi connectivity index (χ4v) is 5.76. The van der Waals surface area contributed by atoms with Crippen LogP contribution in [0.25, 0.3) is 5.69 Å². The SMILES string of the molecule is COc1ccc(C2=NN(C(=O)CSc3nnc(CNC(=O)c4ccco4)n3-c3ccccc3)[C@@H](c3ccc(C)cc3)C2)cc1. The molecule has 0 radical (unpaired) electrons. The van der Waals surface area contributed by atoms with Gasteiger partial charge in [0.15, 0.2) is 16.7 Å². The van der Waals surface area contributed by atoms with Gasteiger partial charge in [0.05, 0.1) is 37.4 Å². The number of hydrazone groups is 1. The molecule has 5 aromatic rings. The fourth-order valence-electron chi connectivity index (χ4n) is 4.94. The first-order chi connectivity index (χ1) is 21.5. The largest absolute Gasteiger partial charge is 0.497 e. The Morgan fingerprint density at radius 2 is 1.75 bits per heavy atom. The number of benzene rings is 3. The predicted octanol–water partition coefficient (Wildman–Crippen LogP) is 5.58. The minimum Gasteiger partial charge on any atom is -0.497 e. The highest BCUT2D eigenvalue weighted by Gasteiger charge is 2.33. The number of carbonyl (C=O) groups is 2. The Balaban J connectivity index is 1.23. The van der Waals surface area contributed by atoms with E-state index >= 15 is 0 Å². The maximum Gasteiger partial charge on any atom is 0.287 e. The zero-order valence-corrected chi connectivity index (χ0v) is 25.0. The highest BCUT2D eigenvalue weighted by Crippen LogP contribution is 2.34. The van der Waals surface area contributed by atoms with E-state index < -0.39 is 0 Å². The molecular formula is C33H30N6O4S. The van der Waals surface area contributed by atoms with Crippen LogP contribution >= 0.6 is 11.8 Å². The Bertz CT molecular complexity index is 1770. The summed E-state index contributed by atoms with van der Waals surface area (Å²) in [6.45, 7) is 2.16. The third-order valence-corrected chi connectivity index (χ3v) is 8.16. The fraction of sp³-hybridized carbons (Fsp3) is 0.182. The number of aromatic nitrogens is 3. The molecule has 0 aliphatic carbocycles. The van der Waals surface area contributed by atoms with Crippen LogP contribution in [-0.4, -0.2) is 50.2 Å². The van der Waals surface area contributed by atoms with Gasteiger partial charge in [-0.05, 0) is 66.6 Å². The maximum absolute atomic E-state index is 13.8. The Labute approximate surface area is 258 Å². The van der Waals surface area contributed by atoms with Crippen molar-refractivity contribution in [3.63, 3.8) is 0 Å². The average Bonchev–Trinajstić information content (AvgIpc) is 3.84. The summed E-state index contributed by atoms with van der Waals surface area (Å²) >= 11 is 1.27. The van der Waals surface area contributed by atoms with Gasteiger partial charge in [0.25, 0.3) is 11.8 Å². The normalized spacial score (nSPS) is 14.4. The van der Waals surface area contributed by atoms with Crippen LogP contribution in [0.3, 0.4) is 0 Å². The lowest BCUT2D eigenvalue weighted by molar-refractivity contribution is -0.130. The number of nitrogens with one attached hydrogen (secondary N) is 1. The van der Waals surface area contributed by atoms with Gasteiger partial charge < -0.3 is 14.5 Å². The van der Waals surface area contributed by atoms with Crippen molar-refractivity contribution in [1.82, 2.24) is 25.1 Å². The van der Waals surface area contributed by atoms with Crippen LogP contribution in [0.4, 0.5) is 0 Å². The lowest BCUT2D eigenvalue weighted by atomic mass is 9.97. The molecule has 0 saturated heterocycles. The van der Waals surface area contributed by atoms with Crippen molar-refractivity contribution >= 4 is 29.3 Å². The number of amides is 2. The molecule has 2 aromatic heterocycles. The van der Waals surface area contributed by atoms with Crippen molar-refractivity contribution in [3.8, 4) is 11.4 Å². The number of hydrogen-bond donors (Lipinski definition) is 1. The minimum absolute atomic E-state index is 0.0888. The van der Waals surface area contributed by atoms with E-state index in [0.717, 1.165) is 33.8 Å². The molecule has 3 heterocycles. The second kappa shape index (κ2) is 13.0. The molecule has 3 aromatic carbocycles.